The van der Waals surface area contributed by atoms with Crippen molar-refractivity contribution in [3.63, 3.8) is 0 Å². The zero-order valence-corrected chi connectivity index (χ0v) is 11.4. The maximum absolute atomic E-state index is 11.6. The molecule has 1 rings (SSSR count). The number of hydrogen-bond donors (Lipinski definition) is 2. The minimum atomic E-state index is -0.0391. The summed E-state index contributed by atoms with van der Waals surface area (Å²) < 4.78 is 0. The van der Waals surface area contributed by atoms with Gasteiger partial charge in [0.05, 0.1) is 6.54 Å². The number of anilines is 2. The number of rotatable bonds is 5. The normalized spacial score (nSPS) is 10.5. The minimum Gasteiger partial charge on any atom is -0.384 e. The van der Waals surface area contributed by atoms with Crippen molar-refractivity contribution in [1.82, 2.24) is 15.3 Å². The second-order valence-electron chi connectivity index (χ2n) is 4.50. The molecule has 0 saturated heterocycles. The Morgan fingerprint density at radius 1 is 1.50 bits per heavy atom. The topological polar surface area (TPSA) is 84.1 Å². The zero-order valence-electron chi connectivity index (χ0n) is 11.4. The van der Waals surface area contributed by atoms with E-state index in [1.807, 2.05) is 20.8 Å². The van der Waals surface area contributed by atoms with Crippen LogP contribution in [0.5, 0.6) is 0 Å². The first-order chi connectivity index (χ1) is 8.42. The van der Waals surface area contributed by atoms with Gasteiger partial charge in [-0.2, -0.15) is 0 Å². The molecule has 0 fully saturated rings. The van der Waals surface area contributed by atoms with Gasteiger partial charge in [-0.25, -0.2) is 9.97 Å². The van der Waals surface area contributed by atoms with Crippen molar-refractivity contribution >= 4 is 17.5 Å². The summed E-state index contributed by atoms with van der Waals surface area (Å²) in [5.74, 6) is 1.73. The molecule has 3 N–H and O–H groups in total. The van der Waals surface area contributed by atoms with Crippen LogP contribution in [0, 0.1) is 0 Å². The van der Waals surface area contributed by atoms with Gasteiger partial charge in [-0.1, -0.05) is 6.92 Å². The molecule has 0 aromatic carbocycles. The average Bonchev–Trinajstić information content (AvgIpc) is 2.26. The molecule has 0 aliphatic rings. The number of hydrogen-bond acceptors (Lipinski definition) is 5. The number of aryl methyl sites for hydroxylation is 1. The highest BCUT2D eigenvalue weighted by atomic mass is 16.2. The van der Waals surface area contributed by atoms with Gasteiger partial charge in [0.1, 0.15) is 17.5 Å². The van der Waals surface area contributed by atoms with Crippen LogP contribution in [0.25, 0.3) is 0 Å². The molecular formula is C12H21N5O. The summed E-state index contributed by atoms with van der Waals surface area (Å²) in [6, 6.07) is 1.80. The summed E-state index contributed by atoms with van der Waals surface area (Å²) in [7, 11) is 1.81. The van der Waals surface area contributed by atoms with Crippen LogP contribution in [0.1, 0.15) is 26.6 Å². The molecule has 0 saturated carbocycles. The Bertz CT molecular complexity index is 419. The van der Waals surface area contributed by atoms with Crippen LogP contribution in [-0.4, -0.2) is 35.5 Å². The number of likely N-dealkylation sites (N-methyl/N-ethyl adjacent to an activating group) is 1. The second-order valence-corrected chi connectivity index (χ2v) is 4.50. The highest BCUT2D eigenvalue weighted by molar-refractivity contribution is 5.81. The Balaban J connectivity index is 2.74. The van der Waals surface area contributed by atoms with Crippen molar-refractivity contribution in [1.29, 1.82) is 0 Å². The summed E-state index contributed by atoms with van der Waals surface area (Å²) in [5, 5.41) is 2.83. The van der Waals surface area contributed by atoms with Crippen LogP contribution in [0.2, 0.25) is 0 Å². The minimum absolute atomic E-state index is 0.0391. The molecule has 1 amide bonds. The van der Waals surface area contributed by atoms with E-state index in [1.165, 1.54) is 0 Å². The molecule has 0 radical (unpaired) electrons. The Kier molecular flexibility index (Phi) is 4.88. The van der Waals surface area contributed by atoms with Crippen LogP contribution in [0.3, 0.4) is 0 Å². The zero-order chi connectivity index (χ0) is 13.7. The highest BCUT2D eigenvalue weighted by Gasteiger charge is 2.11. The number of carbonyl (C=O) groups excluding carboxylic acids is 1. The maximum atomic E-state index is 11.6. The predicted octanol–water partition coefficient (Wildman–Crippen LogP) is 0.582. The summed E-state index contributed by atoms with van der Waals surface area (Å²) in [6.07, 6.45) is 0.712. The number of aromatic nitrogens is 2. The molecule has 0 unspecified atom stereocenters. The molecule has 0 spiro atoms. The Morgan fingerprint density at radius 3 is 2.72 bits per heavy atom. The molecule has 6 nitrogen and oxygen atoms in total. The predicted molar refractivity (Wildman–Crippen MR) is 72.4 cm³/mol. The van der Waals surface area contributed by atoms with Gasteiger partial charge < -0.3 is 16.0 Å². The summed E-state index contributed by atoms with van der Waals surface area (Å²) in [5.41, 5.74) is 5.71. The lowest BCUT2D eigenvalue weighted by molar-refractivity contribution is -0.120. The van der Waals surface area contributed by atoms with Crippen LogP contribution >= 0.6 is 0 Å². The SMILES string of the molecule is CCc1nc(N)cc(N(C)CC(=O)NC(C)C)n1. The van der Waals surface area contributed by atoms with Crippen molar-refractivity contribution in [3.05, 3.63) is 11.9 Å². The van der Waals surface area contributed by atoms with Gasteiger partial charge in [0.15, 0.2) is 0 Å². The molecule has 1 aromatic heterocycles. The Hall–Kier alpha value is -1.85. The largest absolute Gasteiger partial charge is 0.384 e. The third kappa shape index (κ3) is 4.20. The molecule has 0 atom stereocenters. The van der Waals surface area contributed by atoms with E-state index in [2.05, 4.69) is 15.3 Å². The quantitative estimate of drug-likeness (QED) is 0.799. The van der Waals surface area contributed by atoms with E-state index in [0.717, 1.165) is 0 Å². The summed E-state index contributed by atoms with van der Waals surface area (Å²) in [6.45, 7) is 6.06. The molecular weight excluding hydrogens is 230 g/mol. The van der Waals surface area contributed by atoms with Crippen molar-refractivity contribution in [2.24, 2.45) is 0 Å². The second kappa shape index (κ2) is 6.18. The third-order valence-corrected chi connectivity index (χ3v) is 2.32. The van der Waals surface area contributed by atoms with Gasteiger partial charge in [-0.15, -0.1) is 0 Å². The first-order valence-corrected chi connectivity index (χ1v) is 6.06. The molecule has 0 bridgehead atoms. The number of nitrogens with two attached hydrogens (primary N) is 1. The average molecular weight is 251 g/mol. The number of amides is 1. The van der Waals surface area contributed by atoms with Crippen LogP contribution in [0.15, 0.2) is 6.07 Å². The number of nitrogens with one attached hydrogen (secondary N) is 1. The van der Waals surface area contributed by atoms with Crippen LogP contribution in [0.4, 0.5) is 11.6 Å². The van der Waals surface area contributed by atoms with Crippen molar-refractivity contribution in [3.8, 4) is 0 Å². The lowest BCUT2D eigenvalue weighted by Gasteiger charge is -2.19. The van der Waals surface area contributed by atoms with E-state index in [-0.39, 0.29) is 18.5 Å². The van der Waals surface area contributed by atoms with Crippen molar-refractivity contribution in [2.45, 2.75) is 33.2 Å². The van der Waals surface area contributed by atoms with E-state index < -0.39 is 0 Å². The summed E-state index contributed by atoms with van der Waals surface area (Å²) in [4.78, 5) is 21.8. The van der Waals surface area contributed by atoms with Crippen molar-refractivity contribution in [2.75, 3.05) is 24.2 Å². The van der Waals surface area contributed by atoms with Gasteiger partial charge in [0.2, 0.25) is 5.91 Å². The molecule has 1 aromatic rings. The fourth-order valence-corrected chi connectivity index (χ4v) is 1.52. The van der Waals surface area contributed by atoms with E-state index in [4.69, 9.17) is 5.73 Å². The van der Waals surface area contributed by atoms with Gasteiger partial charge in [-0.3, -0.25) is 4.79 Å². The fraction of sp³-hybridized carbons (Fsp3) is 0.583. The standard InChI is InChI=1S/C12H21N5O/c1-5-10-15-9(13)6-11(16-10)17(4)7-12(18)14-8(2)3/h6,8H,5,7H2,1-4H3,(H,14,18)(H2,13,15,16). The van der Waals surface area contributed by atoms with Gasteiger partial charge >= 0.3 is 0 Å². The first-order valence-electron chi connectivity index (χ1n) is 6.06. The first kappa shape index (κ1) is 14.2. The molecule has 0 aliphatic heterocycles. The maximum Gasteiger partial charge on any atom is 0.239 e. The lowest BCUT2D eigenvalue weighted by atomic mass is 10.3. The number of carbonyl (C=O) groups is 1. The van der Waals surface area contributed by atoms with E-state index >= 15 is 0 Å². The van der Waals surface area contributed by atoms with E-state index in [1.54, 1.807) is 18.0 Å². The highest BCUT2D eigenvalue weighted by Crippen LogP contribution is 2.12. The number of nitrogens with zero attached hydrogens (tertiary/aromatic N) is 3. The number of nitrogen functional groups attached to an aromatic ring is 1. The molecule has 6 heteroatoms. The van der Waals surface area contributed by atoms with Gasteiger partial charge in [-0.05, 0) is 13.8 Å². The monoisotopic (exact) mass is 251 g/mol. The van der Waals surface area contributed by atoms with Gasteiger partial charge in [0.25, 0.3) is 0 Å². The summed E-state index contributed by atoms with van der Waals surface area (Å²) >= 11 is 0. The van der Waals surface area contributed by atoms with Crippen molar-refractivity contribution < 1.29 is 4.79 Å². The van der Waals surface area contributed by atoms with Crippen LogP contribution < -0.4 is 16.0 Å². The lowest BCUT2D eigenvalue weighted by Crippen LogP contribution is -2.39. The third-order valence-electron chi connectivity index (χ3n) is 2.32. The fourth-order valence-electron chi connectivity index (χ4n) is 1.52. The van der Waals surface area contributed by atoms with Crippen LogP contribution in [-0.2, 0) is 11.2 Å². The Morgan fingerprint density at radius 2 is 2.17 bits per heavy atom. The Labute approximate surface area is 108 Å². The van der Waals surface area contributed by atoms with Gasteiger partial charge in [0, 0.05) is 25.6 Å². The smallest absolute Gasteiger partial charge is 0.239 e. The van der Waals surface area contributed by atoms with E-state index in [0.29, 0.717) is 23.9 Å². The molecule has 0 aliphatic carbocycles. The molecule has 100 valence electrons. The molecule has 1 heterocycles. The molecule has 18 heavy (non-hydrogen) atoms. The van der Waals surface area contributed by atoms with E-state index in [9.17, 15) is 4.79 Å².